The Morgan fingerprint density at radius 3 is 2.92 bits per heavy atom. The van der Waals surface area contributed by atoms with E-state index in [0.29, 0.717) is 25.3 Å². The molecule has 0 saturated carbocycles. The van der Waals surface area contributed by atoms with Gasteiger partial charge in [0.1, 0.15) is 5.54 Å². The summed E-state index contributed by atoms with van der Waals surface area (Å²) < 4.78 is 4.74. The Balaban J connectivity index is 2.76. The van der Waals surface area contributed by atoms with E-state index in [1.807, 2.05) is 0 Å². The van der Waals surface area contributed by atoms with Crippen LogP contribution < -0.4 is 5.32 Å². The summed E-state index contributed by atoms with van der Waals surface area (Å²) in [5, 5.41) is 3.11. The molecule has 74 valence electrons. The fourth-order valence-electron chi connectivity index (χ4n) is 1.63. The number of ether oxygens (including phenoxy) is 1. The van der Waals surface area contributed by atoms with Crippen LogP contribution in [0.25, 0.3) is 0 Å². The maximum atomic E-state index is 11.5. The number of rotatable bonds is 3. The zero-order chi connectivity index (χ0) is 9.90. The molecule has 1 unspecified atom stereocenters. The van der Waals surface area contributed by atoms with Gasteiger partial charge >= 0.3 is 5.97 Å². The summed E-state index contributed by atoms with van der Waals surface area (Å²) in [5.74, 6) is 0.196. The van der Waals surface area contributed by atoms with E-state index in [1.54, 1.807) is 0 Å². The van der Waals surface area contributed by atoms with Gasteiger partial charge in [-0.15, -0.1) is 11.6 Å². The molecule has 0 aromatic carbocycles. The number of methoxy groups -OCH3 is 1. The Bertz CT molecular complexity index is 230. The van der Waals surface area contributed by atoms with Crippen LogP contribution in [0.5, 0.6) is 0 Å². The molecular formula is C9H14ClNO2. The highest BCUT2D eigenvalue weighted by atomic mass is 35.5. The zero-order valence-corrected chi connectivity index (χ0v) is 8.49. The molecule has 0 radical (unpaired) electrons. The average Bonchev–Trinajstić information content (AvgIpc) is 2.48. The van der Waals surface area contributed by atoms with Crippen molar-refractivity contribution in [3.63, 3.8) is 0 Å². The Hall–Kier alpha value is -0.540. The molecule has 1 aliphatic heterocycles. The van der Waals surface area contributed by atoms with Crippen molar-refractivity contribution in [2.75, 3.05) is 19.5 Å². The number of carbonyl (C=O) groups excluding carboxylic acids is 1. The third-order valence-electron chi connectivity index (χ3n) is 2.33. The standard InChI is InChI=1S/C9H14ClNO2/c1-7-5-9(3-4-10,11-6-7)8(12)13-2/h11H,1,3-6H2,2H3. The van der Waals surface area contributed by atoms with Gasteiger partial charge in [-0.2, -0.15) is 0 Å². The van der Waals surface area contributed by atoms with E-state index in [9.17, 15) is 4.79 Å². The third kappa shape index (κ3) is 2.03. The van der Waals surface area contributed by atoms with E-state index in [4.69, 9.17) is 16.3 Å². The predicted octanol–water partition coefficient (Wildman–Crippen LogP) is 1.08. The number of nitrogens with one attached hydrogen (secondary N) is 1. The summed E-state index contributed by atoms with van der Waals surface area (Å²) in [6.07, 6.45) is 1.21. The minimum atomic E-state index is -0.617. The second-order valence-corrected chi connectivity index (χ2v) is 3.67. The fourth-order valence-corrected chi connectivity index (χ4v) is 1.95. The lowest BCUT2D eigenvalue weighted by Gasteiger charge is -2.24. The molecule has 1 N–H and O–H groups in total. The van der Waals surface area contributed by atoms with Crippen molar-refractivity contribution in [1.82, 2.24) is 5.32 Å². The number of halogens is 1. The van der Waals surface area contributed by atoms with Crippen LogP contribution >= 0.6 is 11.6 Å². The smallest absolute Gasteiger partial charge is 0.326 e. The number of hydrogen-bond donors (Lipinski definition) is 1. The molecule has 1 heterocycles. The molecule has 1 rings (SSSR count). The van der Waals surface area contributed by atoms with E-state index in [-0.39, 0.29) is 5.97 Å². The van der Waals surface area contributed by atoms with Crippen molar-refractivity contribution in [1.29, 1.82) is 0 Å². The summed E-state index contributed by atoms with van der Waals surface area (Å²) in [6.45, 7) is 4.51. The summed E-state index contributed by atoms with van der Waals surface area (Å²) in [7, 11) is 1.39. The second kappa shape index (κ2) is 4.11. The highest BCUT2D eigenvalue weighted by Crippen LogP contribution is 2.27. The van der Waals surface area contributed by atoms with Crippen molar-refractivity contribution < 1.29 is 9.53 Å². The van der Waals surface area contributed by atoms with Crippen LogP contribution in [0, 0.1) is 0 Å². The van der Waals surface area contributed by atoms with Gasteiger partial charge in [-0.3, -0.25) is 10.1 Å². The molecule has 0 amide bonds. The van der Waals surface area contributed by atoms with E-state index in [0.717, 1.165) is 5.57 Å². The summed E-state index contributed by atoms with van der Waals surface area (Å²) in [5.41, 5.74) is 0.406. The summed E-state index contributed by atoms with van der Waals surface area (Å²) in [6, 6.07) is 0. The van der Waals surface area contributed by atoms with E-state index < -0.39 is 5.54 Å². The van der Waals surface area contributed by atoms with E-state index in [2.05, 4.69) is 11.9 Å². The van der Waals surface area contributed by atoms with Gasteiger partial charge in [0.2, 0.25) is 0 Å². The highest BCUT2D eigenvalue weighted by Gasteiger charge is 2.42. The van der Waals surface area contributed by atoms with Gasteiger partial charge in [0.25, 0.3) is 0 Å². The lowest BCUT2D eigenvalue weighted by atomic mass is 9.93. The first kappa shape index (κ1) is 10.5. The first-order valence-electron chi connectivity index (χ1n) is 4.21. The number of alkyl halides is 1. The minimum absolute atomic E-state index is 0.244. The SMILES string of the molecule is C=C1CNC(CCCl)(C(=O)OC)C1. The van der Waals surface area contributed by atoms with E-state index in [1.165, 1.54) is 7.11 Å². The molecule has 0 aromatic heterocycles. The van der Waals surface area contributed by atoms with Gasteiger partial charge in [0.05, 0.1) is 7.11 Å². The van der Waals surface area contributed by atoms with Crippen LogP contribution in [0.4, 0.5) is 0 Å². The van der Waals surface area contributed by atoms with Crippen LogP contribution in [-0.2, 0) is 9.53 Å². The van der Waals surface area contributed by atoms with Crippen LogP contribution in [0.3, 0.4) is 0 Å². The van der Waals surface area contributed by atoms with Crippen LogP contribution in [0.1, 0.15) is 12.8 Å². The Morgan fingerprint density at radius 2 is 2.54 bits per heavy atom. The van der Waals surface area contributed by atoms with Crippen LogP contribution in [-0.4, -0.2) is 31.0 Å². The Kier molecular flexibility index (Phi) is 3.33. The Morgan fingerprint density at radius 1 is 1.85 bits per heavy atom. The molecule has 13 heavy (non-hydrogen) atoms. The number of hydrogen-bond acceptors (Lipinski definition) is 3. The first-order valence-corrected chi connectivity index (χ1v) is 4.74. The molecule has 3 nitrogen and oxygen atoms in total. The molecule has 1 saturated heterocycles. The molecule has 0 bridgehead atoms. The van der Waals surface area contributed by atoms with Crippen molar-refractivity contribution in [2.24, 2.45) is 0 Å². The van der Waals surface area contributed by atoms with E-state index >= 15 is 0 Å². The second-order valence-electron chi connectivity index (χ2n) is 3.29. The van der Waals surface area contributed by atoms with Gasteiger partial charge in [-0.05, 0) is 12.8 Å². The first-order chi connectivity index (χ1) is 6.14. The van der Waals surface area contributed by atoms with Gasteiger partial charge in [-0.1, -0.05) is 12.2 Å². The predicted molar refractivity (Wildman–Crippen MR) is 51.8 cm³/mol. The summed E-state index contributed by atoms with van der Waals surface area (Å²) in [4.78, 5) is 11.5. The zero-order valence-electron chi connectivity index (χ0n) is 7.73. The highest BCUT2D eigenvalue weighted by molar-refractivity contribution is 6.18. The molecule has 1 aliphatic rings. The van der Waals surface area contributed by atoms with Crippen molar-refractivity contribution in [3.8, 4) is 0 Å². The number of esters is 1. The normalized spacial score (nSPS) is 27.7. The van der Waals surface area contributed by atoms with Gasteiger partial charge < -0.3 is 4.74 Å². The lowest BCUT2D eigenvalue weighted by Crippen LogP contribution is -2.48. The summed E-state index contributed by atoms with van der Waals surface area (Å²) >= 11 is 5.64. The molecule has 1 fully saturated rings. The third-order valence-corrected chi connectivity index (χ3v) is 2.51. The van der Waals surface area contributed by atoms with Gasteiger partial charge in [-0.25, -0.2) is 0 Å². The Labute approximate surface area is 83.1 Å². The van der Waals surface area contributed by atoms with Gasteiger partial charge in [0.15, 0.2) is 0 Å². The van der Waals surface area contributed by atoms with Crippen molar-refractivity contribution in [2.45, 2.75) is 18.4 Å². The fraction of sp³-hybridized carbons (Fsp3) is 0.667. The van der Waals surface area contributed by atoms with Gasteiger partial charge in [0, 0.05) is 12.4 Å². The average molecular weight is 204 g/mol. The molecular weight excluding hydrogens is 190 g/mol. The van der Waals surface area contributed by atoms with Crippen LogP contribution in [0.2, 0.25) is 0 Å². The molecule has 0 aromatic rings. The number of carbonyl (C=O) groups is 1. The lowest BCUT2D eigenvalue weighted by molar-refractivity contribution is -0.148. The topological polar surface area (TPSA) is 38.3 Å². The maximum Gasteiger partial charge on any atom is 0.326 e. The minimum Gasteiger partial charge on any atom is -0.468 e. The molecule has 4 heteroatoms. The molecule has 1 atom stereocenters. The van der Waals surface area contributed by atoms with Crippen LogP contribution in [0.15, 0.2) is 12.2 Å². The molecule has 0 spiro atoms. The maximum absolute atomic E-state index is 11.5. The van der Waals surface area contributed by atoms with Crippen molar-refractivity contribution >= 4 is 17.6 Å². The monoisotopic (exact) mass is 203 g/mol. The quantitative estimate of drug-likeness (QED) is 0.424. The largest absolute Gasteiger partial charge is 0.468 e. The van der Waals surface area contributed by atoms with Crippen molar-refractivity contribution in [3.05, 3.63) is 12.2 Å². The molecule has 0 aliphatic carbocycles.